The summed E-state index contributed by atoms with van der Waals surface area (Å²) in [4.78, 5) is 41.2. The van der Waals surface area contributed by atoms with Crippen molar-refractivity contribution in [2.24, 2.45) is 11.8 Å². The first-order chi connectivity index (χ1) is 16.1. The van der Waals surface area contributed by atoms with Crippen molar-refractivity contribution < 1.29 is 33.0 Å². The Balaban J connectivity index is 1.60. The van der Waals surface area contributed by atoms with Crippen LogP contribution in [0.5, 0.6) is 0 Å². The van der Waals surface area contributed by atoms with Crippen LogP contribution in [0.25, 0.3) is 0 Å². The zero-order valence-corrected chi connectivity index (χ0v) is 20.7. The average Bonchev–Trinajstić information content (AvgIpc) is 3.25. The number of nitrogens with one attached hydrogen (secondary N) is 1. The number of aromatic nitrogens is 1. The second kappa shape index (κ2) is 9.45. The highest BCUT2D eigenvalue weighted by Gasteiger charge is 2.73. The molecule has 0 bridgehead atoms. The van der Waals surface area contributed by atoms with Crippen LogP contribution in [0.15, 0.2) is 18.3 Å². The molecule has 1 amide bonds. The van der Waals surface area contributed by atoms with E-state index in [2.05, 4.69) is 10.3 Å². The monoisotopic (exact) mass is 494 g/mol. The van der Waals surface area contributed by atoms with Crippen molar-refractivity contribution in [2.45, 2.75) is 75.3 Å². The summed E-state index contributed by atoms with van der Waals surface area (Å²) >= 11 is 1.15. The van der Waals surface area contributed by atoms with Gasteiger partial charge in [0.2, 0.25) is 5.91 Å². The molecule has 1 N–H and O–H groups in total. The Labute approximate surface area is 202 Å². The topological polar surface area (TPSA) is 104 Å². The number of rotatable bonds is 8. The Kier molecular flexibility index (Phi) is 6.92. The van der Waals surface area contributed by atoms with Gasteiger partial charge in [-0.1, -0.05) is 6.07 Å². The summed E-state index contributed by atoms with van der Waals surface area (Å²) in [6.45, 7) is 4.94. The van der Waals surface area contributed by atoms with Crippen LogP contribution in [0, 0.1) is 18.8 Å². The van der Waals surface area contributed by atoms with Crippen LogP contribution in [-0.4, -0.2) is 64.4 Å². The van der Waals surface area contributed by atoms with Gasteiger partial charge in [0.1, 0.15) is 29.3 Å². The van der Waals surface area contributed by atoms with Gasteiger partial charge in [0.05, 0.1) is 19.0 Å². The van der Waals surface area contributed by atoms with E-state index in [-0.39, 0.29) is 24.7 Å². The summed E-state index contributed by atoms with van der Waals surface area (Å²) in [6.07, 6.45) is 2.88. The molecule has 7 atom stereocenters. The molecule has 34 heavy (non-hydrogen) atoms. The first-order valence-corrected chi connectivity index (χ1v) is 12.5. The normalized spacial score (nSPS) is 34.8. The van der Waals surface area contributed by atoms with Crippen molar-refractivity contribution in [1.29, 1.82) is 0 Å². The lowest BCUT2D eigenvalue weighted by molar-refractivity contribution is -0.161. The number of halogens is 1. The largest absolute Gasteiger partial charge is 0.467 e. The molecule has 2 aliphatic carbocycles. The van der Waals surface area contributed by atoms with Gasteiger partial charge in [0, 0.05) is 24.6 Å². The molecule has 1 aliphatic heterocycles. The number of methoxy groups -OCH3 is 1. The Morgan fingerprint density at radius 3 is 2.79 bits per heavy atom. The number of ether oxygens (including phenoxy) is 3. The van der Waals surface area contributed by atoms with Gasteiger partial charge in [0.25, 0.3) is 0 Å². The lowest BCUT2D eigenvalue weighted by atomic mass is 9.65. The number of carbonyl (C=O) groups is 3. The van der Waals surface area contributed by atoms with Crippen LogP contribution in [-0.2, 0) is 35.2 Å². The van der Waals surface area contributed by atoms with Gasteiger partial charge in [-0.3, -0.25) is 14.6 Å². The molecule has 8 nitrogen and oxygen atoms in total. The lowest BCUT2D eigenvalue weighted by Gasteiger charge is -2.50. The van der Waals surface area contributed by atoms with E-state index < -0.39 is 52.4 Å². The van der Waals surface area contributed by atoms with Crippen molar-refractivity contribution in [2.75, 3.05) is 12.9 Å². The smallest absolute Gasteiger partial charge is 0.329 e. The van der Waals surface area contributed by atoms with Crippen LogP contribution < -0.4 is 5.32 Å². The highest BCUT2D eigenvalue weighted by molar-refractivity contribution is 8.00. The molecule has 2 heterocycles. The van der Waals surface area contributed by atoms with E-state index in [1.807, 2.05) is 19.1 Å². The zero-order chi connectivity index (χ0) is 24.7. The van der Waals surface area contributed by atoms with E-state index in [0.717, 1.165) is 23.0 Å². The predicted octanol–water partition coefficient (Wildman–Crippen LogP) is 2.51. The summed E-state index contributed by atoms with van der Waals surface area (Å²) in [5.74, 6) is -2.41. The van der Waals surface area contributed by atoms with E-state index in [4.69, 9.17) is 14.2 Å². The van der Waals surface area contributed by atoms with Gasteiger partial charge in [-0.25, -0.2) is 9.18 Å². The molecule has 0 spiro atoms. The van der Waals surface area contributed by atoms with Crippen molar-refractivity contribution in [3.63, 3.8) is 0 Å². The Morgan fingerprint density at radius 1 is 1.38 bits per heavy atom. The molecule has 1 aromatic heterocycles. The molecule has 1 aromatic rings. The fourth-order valence-corrected chi connectivity index (χ4v) is 7.33. The summed E-state index contributed by atoms with van der Waals surface area (Å²) < 4.78 is 33.1. The number of nitrogens with zero attached hydrogens (tertiary/aromatic N) is 1. The third kappa shape index (κ3) is 4.42. The molecule has 0 radical (unpaired) electrons. The van der Waals surface area contributed by atoms with Crippen molar-refractivity contribution >= 4 is 29.6 Å². The van der Waals surface area contributed by atoms with Crippen LogP contribution in [0.3, 0.4) is 0 Å². The van der Waals surface area contributed by atoms with Crippen LogP contribution >= 0.6 is 11.8 Å². The second-order valence-corrected chi connectivity index (χ2v) is 10.8. The van der Waals surface area contributed by atoms with Crippen LogP contribution in [0.1, 0.15) is 44.4 Å². The quantitative estimate of drug-likeness (QED) is 0.550. The first-order valence-electron chi connectivity index (χ1n) is 11.5. The van der Waals surface area contributed by atoms with Crippen LogP contribution in [0.2, 0.25) is 0 Å². The van der Waals surface area contributed by atoms with E-state index in [1.165, 1.54) is 21.0 Å². The molecule has 1 saturated heterocycles. The van der Waals surface area contributed by atoms with Crippen molar-refractivity contribution in [3.8, 4) is 0 Å². The summed E-state index contributed by atoms with van der Waals surface area (Å²) in [6, 6.07) is 2.87. The third-order valence-corrected chi connectivity index (χ3v) is 8.87. The maximum atomic E-state index is 16.1. The van der Waals surface area contributed by atoms with E-state index in [9.17, 15) is 14.4 Å². The van der Waals surface area contributed by atoms with Gasteiger partial charge < -0.3 is 19.5 Å². The van der Waals surface area contributed by atoms with Crippen LogP contribution in [0.4, 0.5) is 4.39 Å². The fourth-order valence-electron chi connectivity index (χ4n) is 5.76. The SMILES string of the molecule is COC(=O)[C@H](CS[C@H]1C2C(=O)O[C@@H]3CCC(C[C@]1(C)F)[C@]23OCc1ccc(C)nc1)NC(C)=O. The zero-order valence-electron chi connectivity index (χ0n) is 19.8. The van der Waals surface area contributed by atoms with E-state index in [1.54, 1.807) is 6.20 Å². The number of pyridine rings is 1. The number of hydrogen-bond donors (Lipinski definition) is 1. The number of aryl methyl sites for hydroxylation is 1. The Bertz CT molecular complexity index is 957. The number of hydrogen-bond acceptors (Lipinski definition) is 8. The molecular formula is C24H31FN2O6S. The minimum Gasteiger partial charge on any atom is -0.467 e. The molecule has 186 valence electrons. The second-order valence-electron chi connectivity index (χ2n) is 9.64. The lowest BCUT2D eigenvalue weighted by Crippen LogP contribution is -2.62. The molecule has 2 saturated carbocycles. The maximum absolute atomic E-state index is 16.1. The highest BCUT2D eigenvalue weighted by Crippen LogP contribution is 2.62. The summed E-state index contributed by atoms with van der Waals surface area (Å²) in [5.41, 5.74) is -0.861. The minimum atomic E-state index is -1.69. The number of carbonyl (C=O) groups excluding carboxylic acids is 3. The van der Waals surface area contributed by atoms with Gasteiger partial charge in [-0.05, 0) is 50.7 Å². The summed E-state index contributed by atoms with van der Waals surface area (Å²) in [5, 5.41) is 1.74. The van der Waals surface area contributed by atoms with Gasteiger partial charge >= 0.3 is 11.9 Å². The van der Waals surface area contributed by atoms with Crippen molar-refractivity contribution in [1.82, 2.24) is 10.3 Å². The standard InChI is InChI=1S/C24H31FN2O6S/c1-13-5-6-15(10-26-13)11-32-24-16-7-8-18(24)33-22(30)19(24)20(23(3,25)9-16)34-12-17(21(29)31-4)27-14(2)28/h5-6,10,16-20H,7-9,11-12H2,1-4H3,(H,27,28)/t16?,17-,18+,19?,20-,23-,24+/m0/s1. The molecule has 0 aromatic carbocycles. The number of alkyl halides is 1. The van der Waals surface area contributed by atoms with E-state index >= 15 is 4.39 Å². The number of thioether (sulfide) groups is 1. The van der Waals surface area contributed by atoms with Gasteiger partial charge in [-0.15, -0.1) is 0 Å². The molecular weight excluding hydrogens is 463 g/mol. The molecule has 3 aliphatic rings. The average molecular weight is 495 g/mol. The van der Waals surface area contributed by atoms with Gasteiger partial charge in [0.15, 0.2) is 0 Å². The first kappa shape index (κ1) is 24.9. The number of amides is 1. The molecule has 3 fully saturated rings. The predicted molar refractivity (Wildman–Crippen MR) is 123 cm³/mol. The Hall–Kier alpha value is -2.20. The maximum Gasteiger partial charge on any atom is 0.329 e. The fraction of sp³-hybridized carbons (Fsp3) is 0.667. The molecule has 4 rings (SSSR count). The minimum absolute atomic E-state index is 0.0630. The molecule has 2 unspecified atom stereocenters. The summed E-state index contributed by atoms with van der Waals surface area (Å²) in [7, 11) is 1.23. The third-order valence-electron chi connectivity index (χ3n) is 7.23. The molecule has 10 heteroatoms. The Morgan fingerprint density at radius 2 is 2.15 bits per heavy atom. The number of esters is 2. The van der Waals surface area contributed by atoms with Crippen molar-refractivity contribution in [3.05, 3.63) is 29.6 Å². The van der Waals surface area contributed by atoms with Gasteiger partial charge in [-0.2, -0.15) is 11.8 Å². The van der Waals surface area contributed by atoms with E-state index in [0.29, 0.717) is 12.8 Å². The highest BCUT2D eigenvalue weighted by atomic mass is 32.2.